The van der Waals surface area contributed by atoms with Gasteiger partial charge in [-0.2, -0.15) is 0 Å². The smallest absolute Gasteiger partial charge is 0.319 e. The fraction of sp³-hybridized carbons (Fsp3) is 0.909. The molecule has 28 heavy (non-hydrogen) atoms. The highest BCUT2D eigenvalue weighted by molar-refractivity contribution is 9.10. The topological polar surface area (TPSA) is 52.6 Å². The molecule has 0 spiro atoms. The monoisotopic (exact) mass is 526 g/mol. The normalized spacial score (nSPS) is 13.1. The van der Waals surface area contributed by atoms with E-state index in [0.717, 1.165) is 64.2 Å². The SMILES string of the molecule is CCCCOC(=O)C(Br)CCCCCCCCCCC(Br)C(=O)OCCCC. The lowest BCUT2D eigenvalue weighted by atomic mass is 10.1. The number of esters is 2. The van der Waals surface area contributed by atoms with Crippen LogP contribution in [0.2, 0.25) is 0 Å². The van der Waals surface area contributed by atoms with Gasteiger partial charge >= 0.3 is 11.9 Å². The van der Waals surface area contributed by atoms with Gasteiger partial charge in [0, 0.05) is 0 Å². The zero-order chi connectivity index (χ0) is 21.0. The van der Waals surface area contributed by atoms with E-state index < -0.39 is 0 Å². The first-order valence-electron chi connectivity index (χ1n) is 11.1. The van der Waals surface area contributed by atoms with Crippen LogP contribution in [-0.4, -0.2) is 34.8 Å². The van der Waals surface area contributed by atoms with E-state index in [1.54, 1.807) is 0 Å². The molecule has 2 atom stereocenters. The molecule has 0 saturated carbocycles. The molecular formula is C22H40Br2O4. The van der Waals surface area contributed by atoms with Gasteiger partial charge in [0.15, 0.2) is 0 Å². The average Bonchev–Trinajstić information content (AvgIpc) is 2.69. The van der Waals surface area contributed by atoms with E-state index in [1.807, 2.05) is 0 Å². The van der Waals surface area contributed by atoms with Crippen LogP contribution in [0.3, 0.4) is 0 Å². The van der Waals surface area contributed by atoms with E-state index in [4.69, 9.17) is 9.47 Å². The van der Waals surface area contributed by atoms with Crippen LogP contribution in [0.1, 0.15) is 104 Å². The van der Waals surface area contributed by atoms with Crippen LogP contribution in [-0.2, 0) is 19.1 Å². The van der Waals surface area contributed by atoms with Crippen LogP contribution < -0.4 is 0 Å². The van der Waals surface area contributed by atoms with Gasteiger partial charge in [0.25, 0.3) is 0 Å². The van der Waals surface area contributed by atoms with Gasteiger partial charge < -0.3 is 9.47 Å². The summed E-state index contributed by atoms with van der Waals surface area (Å²) in [5.74, 6) is -0.236. The van der Waals surface area contributed by atoms with Crippen molar-refractivity contribution in [1.29, 1.82) is 0 Å². The van der Waals surface area contributed by atoms with Crippen molar-refractivity contribution in [2.75, 3.05) is 13.2 Å². The molecule has 0 aromatic rings. The molecule has 4 nitrogen and oxygen atoms in total. The van der Waals surface area contributed by atoms with Crippen molar-refractivity contribution < 1.29 is 19.1 Å². The lowest BCUT2D eigenvalue weighted by molar-refractivity contribution is -0.144. The Morgan fingerprint density at radius 2 is 0.929 bits per heavy atom. The van der Waals surface area contributed by atoms with E-state index in [0.29, 0.717) is 13.2 Å². The molecule has 0 amide bonds. The molecule has 0 aromatic carbocycles. The van der Waals surface area contributed by atoms with Gasteiger partial charge in [-0.05, 0) is 25.7 Å². The van der Waals surface area contributed by atoms with Crippen LogP contribution in [0.15, 0.2) is 0 Å². The summed E-state index contributed by atoms with van der Waals surface area (Å²) in [7, 11) is 0. The van der Waals surface area contributed by atoms with Crippen molar-refractivity contribution >= 4 is 43.8 Å². The summed E-state index contributed by atoms with van der Waals surface area (Å²) >= 11 is 6.87. The first-order valence-corrected chi connectivity index (χ1v) is 13.0. The number of hydrogen-bond acceptors (Lipinski definition) is 4. The largest absolute Gasteiger partial charge is 0.465 e. The maximum absolute atomic E-state index is 11.7. The molecule has 0 heterocycles. The maximum Gasteiger partial charge on any atom is 0.319 e. The van der Waals surface area contributed by atoms with Crippen molar-refractivity contribution in [3.8, 4) is 0 Å². The highest BCUT2D eigenvalue weighted by Crippen LogP contribution is 2.17. The van der Waals surface area contributed by atoms with Gasteiger partial charge in [0.05, 0.1) is 13.2 Å². The van der Waals surface area contributed by atoms with Crippen LogP contribution in [0.4, 0.5) is 0 Å². The summed E-state index contributed by atoms with van der Waals surface area (Å²) in [6, 6.07) is 0. The molecule has 0 aromatic heterocycles. The van der Waals surface area contributed by atoms with Crippen LogP contribution in [0.5, 0.6) is 0 Å². The molecule has 0 fully saturated rings. The van der Waals surface area contributed by atoms with Gasteiger partial charge in [0.2, 0.25) is 0 Å². The standard InChI is InChI=1S/C22H40Br2O4/c1-3-5-17-27-21(25)19(23)15-13-11-9-7-8-10-12-14-16-20(24)22(26)28-18-6-4-2/h19-20H,3-18H2,1-2H3. The van der Waals surface area contributed by atoms with Crippen molar-refractivity contribution in [3.63, 3.8) is 0 Å². The van der Waals surface area contributed by atoms with Gasteiger partial charge in [-0.25, -0.2) is 0 Å². The molecule has 0 aliphatic rings. The Morgan fingerprint density at radius 1 is 0.607 bits per heavy atom. The number of halogens is 2. The molecule has 0 N–H and O–H groups in total. The highest BCUT2D eigenvalue weighted by Gasteiger charge is 2.16. The second kappa shape index (κ2) is 20.2. The van der Waals surface area contributed by atoms with Crippen molar-refractivity contribution in [2.24, 2.45) is 0 Å². The van der Waals surface area contributed by atoms with E-state index in [2.05, 4.69) is 45.7 Å². The van der Waals surface area contributed by atoms with Gasteiger partial charge in [0.1, 0.15) is 9.65 Å². The minimum Gasteiger partial charge on any atom is -0.465 e. The average molecular weight is 528 g/mol. The number of unbranched alkanes of at least 4 members (excludes halogenated alkanes) is 9. The van der Waals surface area contributed by atoms with Crippen molar-refractivity contribution in [3.05, 3.63) is 0 Å². The summed E-state index contributed by atoms with van der Waals surface area (Å²) in [6.45, 7) is 5.24. The predicted octanol–water partition coefficient (Wildman–Crippen LogP) is 7.10. The summed E-state index contributed by atoms with van der Waals surface area (Å²) in [4.78, 5) is 23.2. The number of carbonyl (C=O) groups excluding carboxylic acids is 2. The highest BCUT2D eigenvalue weighted by atomic mass is 79.9. The minimum absolute atomic E-state index is 0.118. The maximum atomic E-state index is 11.7. The second-order valence-electron chi connectivity index (χ2n) is 7.38. The summed E-state index contributed by atoms with van der Waals surface area (Å²) in [5, 5.41) is 0. The Bertz CT molecular complexity index is 355. The van der Waals surface area contributed by atoms with Crippen LogP contribution in [0.25, 0.3) is 0 Å². The zero-order valence-electron chi connectivity index (χ0n) is 17.9. The van der Waals surface area contributed by atoms with Crippen molar-refractivity contribution in [1.82, 2.24) is 0 Å². The molecule has 0 radical (unpaired) electrons. The summed E-state index contributed by atoms with van der Waals surface area (Å²) in [6.07, 6.45) is 15.0. The second-order valence-corrected chi connectivity index (χ2v) is 9.59. The molecule has 0 saturated heterocycles. The molecule has 6 heteroatoms. The number of alkyl halides is 2. The number of carbonyl (C=O) groups is 2. The number of ether oxygens (including phenoxy) is 2. The molecule has 0 bridgehead atoms. The molecule has 0 aliphatic heterocycles. The van der Waals surface area contributed by atoms with E-state index >= 15 is 0 Å². The predicted molar refractivity (Wildman–Crippen MR) is 123 cm³/mol. The Hall–Kier alpha value is -0.100. The first-order chi connectivity index (χ1) is 13.5. The Balaban J connectivity index is 3.43. The molecular weight excluding hydrogens is 488 g/mol. The Kier molecular flexibility index (Phi) is 20.1. The van der Waals surface area contributed by atoms with Gasteiger partial charge in [-0.3, -0.25) is 9.59 Å². The molecule has 2 unspecified atom stereocenters. The Morgan fingerprint density at radius 3 is 1.25 bits per heavy atom. The number of rotatable bonds is 19. The third-order valence-corrected chi connectivity index (χ3v) is 6.32. The zero-order valence-corrected chi connectivity index (χ0v) is 21.0. The van der Waals surface area contributed by atoms with E-state index in [-0.39, 0.29) is 21.6 Å². The summed E-state index contributed by atoms with van der Waals surface area (Å²) in [5.41, 5.74) is 0. The number of hydrogen-bond donors (Lipinski definition) is 0. The quantitative estimate of drug-likeness (QED) is 0.102. The van der Waals surface area contributed by atoms with Crippen LogP contribution in [0, 0.1) is 0 Å². The summed E-state index contributed by atoms with van der Waals surface area (Å²) < 4.78 is 10.4. The minimum atomic E-state index is -0.157. The molecule has 166 valence electrons. The Labute approximate surface area is 189 Å². The van der Waals surface area contributed by atoms with E-state index in [9.17, 15) is 9.59 Å². The third-order valence-electron chi connectivity index (χ3n) is 4.66. The van der Waals surface area contributed by atoms with Gasteiger partial charge in [-0.1, -0.05) is 110 Å². The molecule has 0 aliphatic carbocycles. The van der Waals surface area contributed by atoms with E-state index in [1.165, 1.54) is 25.7 Å². The lowest BCUT2D eigenvalue weighted by Crippen LogP contribution is -2.18. The van der Waals surface area contributed by atoms with Gasteiger partial charge in [-0.15, -0.1) is 0 Å². The van der Waals surface area contributed by atoms with Crippen molar-refractivity contribution in [2.45, 2.75) is 113 Å². The lowest BCUT2D eigenvalue weighted by Gasteiger charge is -2.10. The fourth-order valence-electron chi connectivity index (χ4n) is 2.76. The van der Waals surface area contributed by atoms with Crippen LogP contribution >= 0.6 is 31.9 Å². The molecule has 0 rings (SSSR count). The third kappa shape index (κ3) is 16.8. The first kappa shape index (κ1) is 27.9. The fourth-order valence-corrected chi connectivity index (χ4v) is 3.67.